The van der Waals surface area contributed by atoms with Crippen molar-refractivity contribution >= 4 is 27.5 Å². The lowest BCUT2D eigenvalue weighted by atomic mass is 9.80. The Bertz CT molecular complexity index is 808. The van der Waals surface area contributed by atoms with Gasteiger partial charge in [0.05, 0.1) is 7.11 Å². The summed E-state index contributed by atoms with van der Waals surface area (Å²) in [7, 11) is 3.34. The number of nitrogens with zero attached hydrogens (tertiary/aromatic N) is 2. The second kappa shape index (κ2) is 4.46. The van der Waals surface area contributed by atoms with Gasteiger partial charge < -0.3 is 14.4 Å². The first-order chi connectivity index (χ1) is 10.6. The molecule has 0 N–H and O–H groups in total. The Morgan fingerprint density at radius 1 is 1.36 bits per heavy atom. The van der Waals surface area contributed by atoms with Gasteiger partial charge in [-0.1, -0.05) is 22.0 Å². The standard InChI is InChI=1S/C16H13BrN2O3/c1-19-10-5-3-4-9(17)13(10)16(15(19)20)8-22-11-6-7-12(21-2)18-14(11)16/h3-7H,8H2,1-2H3. The Morgan fingerprint density at radius 3 is 2.95 bits per heavy atom. The van der Waals surface area contributed by atoms with E-state index < -0.39 is 5.41 Å². The van der Waals surface area contributed by atoms with Crippen LogP contribution in [0.2, 0.25) is 0 Å². The Kier molecular flexibility index (Phi) is 2.75. The predicted octanol–water partition coefficient (Wildman–Crippen LogP) is 2.51. The highest BCUT2D eigenvalue weighted by Gasteiger charge is 2.58. The molecule has 3 heterocycles. The monoisotopic (exact) mass is 360 g/mol. The highest BCUT2D eigenvalue weighted by molar-refractivity contribution is 9.10. The van der Waals surface area contributed by atoms with E-state index in [4.69, 9.17) is 9.47 Å². The summed E-state index contributed by atoms with van der Waals surface area (Å²) in [5.74, 6) is 1.07. The van der Waals surface area contributed by atoms with E-state index in [0.717, 1.165) is 15.7 Å². The van der Waals surface area contributed by atoms with Gasteiger partial charge in [-0.25, -0.2) is 4.98 Å². The molecular formula is C16H13BrN2O3. The van der Waals surface area contributed by atoms with Crippen LogP contribution in [0.15, 0.2) is 34.8 Å². The highest BCUT2D eigenvalue weighted by Crippen LogP contribution is 2.53. The molecule has 2 aliphatic rings. The van der Waals surface area contributed by atoms with Crippen LogP contribution < -0.4 is 14.4 Å². The van der Waals surface area contributed by atoms with E-state index in [1.165, 1.54) is 0 Å². The lowest BCUT2D eigenvalue weighted by Crippen LogP contribution is -2.41. The molecule has 4 rings (SSSR count). The number of anilines is 1. The maximum absolute atomic E-state index is 13.0. The minimum atomic E-state index is -0.909. The molecule has 1 amide bonds. The van der Waals surface area contributed by atoms with E-state index in [9.17, 15) is 4.79 Å². The number of carbonyl (C=O) groups excluding carboxylic acids is 1. The van der Waals surface area contributed by atoms with E-state index in [1.54, 1.807) is 31.2 Å². The van der Waals surface area contributed by atoms with Crippen molar-refractivity contribution in [3.63, 3.8) is 0 Å². The fourth-order valence-corrected chi connectivity index (χ4v) is 3.98. The minimum Gasteiger partial charge on any atom is -0.490 e. The number of pyridine rings is 1. The van der Waals surface area contributed by atoms with Crippen molar-refractivity contribution in [1.82, 2.24) is 4.98 Å². The zero-order chi connectivity index (χ0) is 15.5. The van der Waals surface area contributed by atoms with Gasteiger partial charge in [0.2, 0.25) is 11.8 Å². The second-order valence-corrected chi connectivity index (χ2v) is 6.25. The molecule has 1 aromatic carbocycles. The number of hydrogen-bond donors (Lipinski definition) is 0. The average molecular weight is 361 g/mol. The zero-order valence-electron chi connectivity index (χ0n) is 12.1. The summed E-state index contributed by atoms with van der Waals surface area (Å²) in [6, 6.07) is 9.33. The molecule has 0 radical (unpaired) electrons. The van der Waals surface area contributed by atoms with Crippen LogP contribution in [0.3, 0.4) is 0 Å². The average Bonchev–Trinajstić information content (AvgIpc) is 3.01. The molecule has 0 aliphatic carbocycles. The third-order valence-corrected chi connectivity index (χ3v) is 5.00. The lowest BCUT2D eigenvalue weighted by molar-refractivity contribution is -0.121. The number of aromatic nitrogens is 1. The minimum absolute atomic E-state index is 0.0334. The van der Waals surface area contributed by atoms with Gasteiger partial charge in [-0.3, -0.25) is 4.79 Å². The maximum atomic E-state index is 13.0. The number of fused-ring (bicyclic) bond motifs is 4. The fourth-order valence-electron chi connectivity index (χ4n) is 3.29. The summed E-state index contributed by atoms with van der Waals surface area (Å²) in [6.45, 7) is 0.251. The Morgan fingerprint density at radius 2 is 2.18 bits per heavy atom. The molecule has 112 valence electrons. The maximum Gasteiger partial charge on any atom is 0.247 e. The van der Waals surface area contributed by atoms with Crippen molar-refractivity contribution in [2.75, 3.05) is 25.7 Å². The molecular weight excluding hydrogens is 348 g/mol. The van der Waals surface area contributed by atoms with Crippen molar-refractivity contribution in [1.29, 1.82) is 0 Å². The SMILES string of the molecule is COc1ccc2c(n1)C1(CO2)C(=O)N(C)c2cccc(Br)c21. The Hall–Kier alpha value is -2.08. The molecule has 5 nitrogen and oxygen atoms in total. The number of likely N-dealkylation sites (N-methyl/N-ethyl adjacent to an activating group) is 1. The van der Waals surface area contributed by atoms with Gasteiger partial charge in [0.1, 0.15) is 18.1 Å². The van der Waals surface area contributed by atoms with Gasteiger partial charge >= 0.3 is 0 Å². The van der Waals surface area contributed by atoms with Crippen molar-refractivity contribution < 1.29 is 14.3 Å². The third-order valence-electron chi connectivity index (χ3n) is 4.34. The molecule has 0 saturated carbocycles. The van der Waals surface area contributed by atoms with E-state index in [1.807, 2.05) is 18.2 Å². The van der Waals surface area contributed by atoms with Gasteiger partial charge in [0, 0.05) is 28.8 Å². The summed E-state index contributed by atoms with van der Waals surface area (Å²) in [5, 5.41) is 0. The van der Waals surface area contributed by atoms with Crippen LogP contribution in [-0.4, -0.2) is 31.7 Å². The normalized spacial score (nSPS) is 21.8. The van der Waals surface area contributed by atoms with Crippen LogP contribution in [0, 0.1) is 0 Å². The first-order valence-corrected chi connectivity index (χ1v) is 7.64. The van der Waals surface area contributed by atoms with E-state index in [2.05, 4.69) is 20.9 Å². The largest absolute Gasteiger partial charge is 0.490 e. The van der Waals surface area contributed by atoms with Gasteiger partial charge in [0.25, 0.3) is 0 Å². The van der Waals surface area contributed by atoms with Crippen LogP contribution in [0.5, 0.6) is 11.6 Å². The van der Waals surface area contributed by atoms with Crippen LogP contribution in [0.4, 0.5) is 5.69 Å². The molecule has 1 aromatic heterocycles. The third kappa shape index (κ3) is 1.48. The Balaban J connectivity index is 2.05. The van der Waals surface area contributed by atoms with E-state index in [-0.39, 0.29) is 12.5 Å². The molecule has 2 aromatic rings. The molecule has 6 heteroatoms. The molecule has 0 fully saturated rings. The lowest BCUT2D eigenvalue weighted by Gasteiger charge is -2.21. The Labute approximate surface area is 136 Å². The van der Waals surface area contributed by atoms with Crippen LogP contribution in [0.25, 0.3) is 0 Å². The first-order valence-electron chi connectivity index (χ1n) is 6.85. The van der Waals surface area contributed by atoms with Crippen molar-refractivity contribution in [3.05, 3.63) is 46.1 Å². The van der Waals surface area contributed by atoms with Gasteiger partial charge in [-0.05, 0) is 18.2 Å². The van der Waals surface area contributed by atoms with Gasteiger partial charge in [-0.2, -0.15) is 0 Å². The summed E-state index contributed by atoms with van der Waals surface area (Å²) < 4.78 is 11.9. The topological polar surface area (TPSA) is 51.7 Å². The number of rotatable bonds is 1. The highest BCUT2D eigenvalue weighted by atomic mass is 79.9. The molecule has 1 unspecified atom stereocenters. The van der Waals surface area contributed by atoms with Gasteiger partial charge in [-0.15, -0.1) is 0 Å². The molecule has 22 heavy (non-hydrogen) atoms. The summed E-state index contributed by atoms with van der Waals surface area (Å²) in [5.41, 5.74) is 1.49. The van der Waals surface area contributed by atoms with E-state index >= 15 is 0 Å². The number of halogens is 1. The van der Waals surface area contributed by atoms with E-state index in [0.29, 0.717) is 17.3 Å². The molecule has 1 atom stereocenters. The smallest absolute Gasteiger partial charge is 0.247 e. The number of carbonyl (C=O) groups is 1. The summed E-state index contributed by atoms with van der Waals surface area (Å²) in [4.78, 5) is 19.2. The second-order valence-electron chi connectivity index (χ2n) is 5.39. The van der Waals surface area contributed by atoms with Crippen LogP contribution in [-0.2, 0) is 10.2 Å². The van der Waals surface area contributed by atoms with Crippen molar-refractivity contribution in [2.45, 2.75) is 5.41 Å². The summed E-state index contributed by atoms with van der Waals surface area (Å²) >= 11 is 3.58. The zero-order valence-corrected chi connectivity index (χ0v) is 13.7. The first kappa shape index (κ1) is 13.6. The fraction of sp³-hybridized carbons (Fsp3) is 0.250. The predicted molar refractivity (Wildman–Crippen MR) is 84.6 cm³/mol. The van der Waals surface area contributed by atoms with Gasteiger partial charge in [0.15, 0.2) is 5.41 Å². The van der Waals surface area contributed by atoms with Crippen molar-refractivity contribution in [3.8, 4) is 11.6 Å². The number of ether oxygens (including phenoxy) is 2. The summed E-state index contributed by atoms with van der Waals surface area (Å²) in [6.07, 6.45) is 0. The number of hydrogen-bond acceptors (Lipinski definition) is 4. The quantitative estimate of drug-likeness (QED) is 0.783. The molecule has 0 saturated heterocycles. The van der Waals surface area contributed by atoms with Crippen LogP contribution >= 0.6 is 15.9 Å². The molecule has 1 spiro atoms. The molecule has 0 bridgehead atoms. The van der Waals surface area contributed by atoms with Crippen molar-refractivity contribution in [2.24, 2.45) is 0 Å². The molecule has 2 aliphatic heterocycles. The van der Waals surface area contributed by atoms with Crippen LogP contribution in [0.1, 0.15) is 11.3 Å². The number of benzene rings is 1. The number of methoxy groups -OCH3 is 1. The number of amides is 1.